The molecule has 5 atom stereocenters. The van der Waals surface area contributed by atoms with E-state index in [1.54, 1.807) is 0 Å². The van der Waals surface area contributed by atoms with Gasteiger partial charge in [0.1, 0.15) is 12.4 Å². The molecule has 1 saturated carbocycles. The summed E-state index contributed by atoms with van der Waals surface area (Å²) in [6.07, 6.45) is 9.27. The minimum Gasteiger partial charge on any atom is -0.482 e. The van der Waals surface area contributed by atoms with Crippen molar-refractivity contribution in [2.24, 2.45) is 17.8 Å². The van der Waals surface area contributed by atoms with Crippen molar-refractivity contribution in [1.82, 2.24) is 0 Å². The van der Waals surface area contributed by atoms with Gasteiger partial charge in [-0.15, -0.1) is 0 Å². The third kappa shape index (κ3) is 8.48. The number of benzene rings is 2. The molecule has 0 spiro atoms. The molecule has 1 N–H and O–H groups in total. The van der Waals surface area contributed by atoms with E-state index >= 15 is 0 Å². The molecule has 0 aromatic heterocycles. The van der Waals surface area contributed by atoms with E-state index in [1.165, 1.54) is 24.0 Å². The lowest BCUT2D eigenvalue weighted by Crippen LogP contribution is -2.45. The Morgan fingerprint density at radius 1 is 1.02 bits per heavy atom. The lowest BCUT2D eigenvalue weighted by Gasteiger charge is -2.40. The van der Waals surface area contributed by atoms with E-state index in [4.69, 9.17) is 13.9 Å². The zero-order valence-corrected chi connectivity index (χ0v) is 27.9. The molecule has 6 heteroatoms. The van der Waals surface area contributed by atoms with Crippen LogP contribution >= 0.6 is 0 Å². The first-order valence-electron chi connectivity index (χ1n) is 16.3. The zero-order valence-electron chi connectivity index (χ0n) is 26.9. The van der Waals surface area contributed by atoms with Gasteiger partial charge in [0, 0.05) is 6.10 Å². The summed E-state index contributed by atoms with van der Waals surface area (Å²) >= 11 is 0. The molecule has 0 radical (unpaired) electrons. The predicted octanol–water partition coefficient (Wildman–Crippen LogP) is 8.27. The van der Waals surface area contributed by atoms with Gasteiger partial charge in [0.2, 0.25) is 0 Å². The first kappa shape index (κ1) is 32.8. The van der Waals surface area contributed by atoms with Crippen LogP contribution in [0.4, 0.5) is 0 Å². The fourth-order valence-electron chi connectivity index (χ4n) is 6.68. The number of ether oxygens (including phenoxy) is 2. The van der Waals surface area contributed by atoms with Gasteiger partial charge in [-0.25, -0.2) is 4.79 Å². The smallest absolute Gasteiger partial charge is 0.344 e. The molecule has 42 heavy (non-hydrogen) atoms. The fourth-order valence-corrected chi connectivity index (χ4v) is 8.06. The van der Waals surface area contributed by atoms with Gasteiger partial charge in [-0.2, -0.15) is 0 Å². The summed E-state index contributed by atoms with van der Waals surface area (Å²) in [6, 6.07) is 16.0. The number of unbranched alkanes of at least 4 members (excludes halogenated alkanes) is 2. The van der Waals surface area contributed by atoms with Gasteiger partial charge in [-0.3, -0.25) is 0 Å². The lowest BCUT2D eigenvalue weighted by atomic mass is 9.73. The van der Waals surface area contributed by atoms with Crippen molar-refractivity contribution < 1.29 is 23.8 Å². The van der Waals surface area contributed by atoms with Crippen LogP contribution in [-0.4, -0.2) is 38.2 Å². The van der Waals surface area contributed by atoms with Gasteiger partial charge in [-0.05, 0) is 97.2 Å². The lowest BCUT2D eigenvalue weighted by molar-refractivity contribution is -0.147. The second-order valence-corrected chi connectivity index (χ2v) is 19.0. The van der Waals surface area contributed by atoms with Crippen molar-refractivity contribution >= 4 is 14.3 Å². The molecule has 5 unspecified atom stereocenters. The number of fused-ring (bicyclic) bond motifs is 2. The largest absolute Gasteiger partial charge is 0.482 e. The molecule has 0 amide bonds. The molecule has 0 saturated heterocycles. The number of esters is 1. The van der Waals surface area contributed by atoms with Crippen molar-refractivity contribution in [2.75, 3.05) is 6.61 Å². The fraction of sp³-hybridized carbons (Fsp3) is 0.639. The van der Waals surface area contributed by atoms with Crippen LogP contribution in [-0.2, 0) is 33.4 Å². The van der Waals surface area contributed by atoms with Crippen LogP contribution in [0, 0.1) is 17.8 Å². The molecule has 0 heterocycles. The standard InChI is InChI=1S/C36H54O5Si/c1-7-8-10-17-29(37)19-20-30-31-21-27-16-13-18-33(39-25-35(38)40-24-26-14-11-9-12-15-26)32(27)22-28(31)23-34(30)41-42(5,6)36(2,3)4/h9,11-16,18,28-31,34,37H,7-8,10,17,19-25H2,1-6H3. The summed E-state index contributed by atoms with van der Waals surface area (Å²) in [5, 5.41) is 11.0. The van der Waals surface area contributed by atoms with Gasteiger partial charge >= 0.3 is 5.97 Å². The van der Waals surface area contributed by atoms with Crippen molar-refractivity contribution in [3.8, 4) is 5.75 Å². The van der Waals surface area contributed by atoms with Crippen LogP contribution in [0.3, 0.4) is 0 Å². The predicted molar refractivity (Wildman–Crippen MR) is 172 cm³/mol. The van der Waals surface area contributed by atoms with Crippen LogP contribution in [0.1, 0.15) is 89.3 Å². The van der Waals surface area contributed by atoms with Gasteiger partial charge in [0.05, 0.1) is 6.10 Å². The molecule has 2 aromatic rings. The summed E-state index contributed by atoms with van der Waals surface area (Å²) in [4.78, 5) is 12.5. The summed E-state index contributed by atoms with van der Waals surface area (Å²) in [7, 11) is -1.95. The average molecular weight is 595 g/mol. The summed E-state index contributed by atoms with van der Waals surface area (Å²) in [5.74, 6) is 1.96. The molecule has 0 bridgehead atoms. The molecular formula is C36H54O5Si. The molecule has 0 aliphatic heterocycles. The first-order valence-corrected chi connectivity index (χ1v) is 19.2. The van der Waals surface area contributed by atoms with Gasteiger partial charge < -0.3 is 19.0 Å². The van der Waals surface area contributed by atoms with Crippen LogP contribution < -0.4 is 4.74 Å². The van der Waals surface area contributed by atoms with Gasteiger partial charge in [0.25, 0.3) is 0 Å². The third-order valence-electron chi connectivity index (χ3n) is 10.1. The zero-order chi connectivity index (χ0) is 30.3. The van der Waals surface area contributed by atoms with Crippen LogP contribution in [0.5, 0.6) is 5.75 Å². The third-order valence-corrected chi connectivity index (χ3v) is 14.6. The maximum absolute atomic E-state index is 12.5. The van der Waals surface area contributed by atoms with E-state index in [1.807, 2.05) is 36.4 Å². The quantitative estimate of drug-likeness (QED) is 0.135. The normalized spacial score (nSPS) is 22.7. The highest BCUT2D eigenvalue weighted by Gasteiger charge is 2.49. The molecule has 5 nitrogen and oxygen atoms in total. The van der Waals surface area contributed by atoms with E-state index < -0.39 is 8.32 Å². The number of carbonyl (C=O) groups excluding carboxylic acids is 1. The van der Waals surface area contributed by atoms with Crippen molar-refractivity contribution in [2.45, 2.75) is 122 Å². The molecule has 2 aliphatic rings. The second kappa shape index (κ2) is 14.5. The maximum atomic E-state index is 12.5. The number of hydrogen-bond acceptors (Lipinski definition) is 5. The summed E-state index contributed by atoms with van der Waals surface area (Å²) in [6.45, 7) is 14.1. The molecule has 1 fully saturated rings. The first-order chi connectivity index (χ1) is 20.0. The van der Waals surface area contributed by atoms with E-state index in [0.717, 1.165) is 56.3 Å². The molecule has 232 valence electrons. The Hall–Kier alpha value is -2.15. The summed E-state index contributed by atoms with van der Waals surface area (Å²) < 4.78 is 18.7. The Morgan fingerprint density at radius 2 is 1.79 bits per heavy atom. The topological polar surface area (TPSA) is 65.0 Å². The highest BCUT2D eigenvalue weighted by molar-refractivity contribution is 6.74. The van der Waals surface area contributed by atoms with Gasteiger partial charge in [0.15, 0.2) is 14.9 Å². The molecule has 2 aliphatic carbocycles. The van der Waals surface area contributed by atoms with E-state index in [0.29, 0.717) is 17.8 Å². The Labute approximate surface area is 255 Å². The van der Waals surface area contributed by atoms with Crippen LogP contribution in [0.25, 0.3) is 0 Å². The number of hydrogen-bond donors (Lipinski definition) is 1. The van der Waals surface area contributed by atoms with Crippen molar-refractivity contribution in [3.63, 3.8) is 0 Å². The highest BCUT2D eigenvalue weighted by atomic mass is 28.4. The van der Waals surface area contributed by atoms with E-state index in [2.05, 4.69) is 52.9 Å². The van der Waals surface area contributed by atoms with Crippen molar-refractivity contribution in [1.29, 1.82) is 0 Å². The number of aliphatic hydroxyl groups excluding tert-OH is 1. The number of aliphatic hydroxyl groups is 1. The molecular weight excluding hydrogens is 540 g/mol. The maximum Gasteiger partial charge on any atom is 0.344 e. The Bertz CT molecular complexity index is 1140. The molecule has 4 rings (SSSR count). The Kier molecular flexibility index (Phi) is 11.3. The van der Waals surface area contributed by atoms with Crippen molar-refractivity contribution in [3.05, 3.63) is 65.2 Å². The summed E-state index contributed by atoms with van der Waals surface area (Å²) in [5.41, 5.74) is 3.53. The molecule has 2 aromatic carbocycles. The monoisotopic (exact) mass is 594 g/mol. The highest BCUT2D eigenvalue weighted by Crippen LogP contribution is 2.51. The van der Waals surface area contributed by atoms with Crippen LogP contribution in [0.15, 0.2) is 48.5 Å². The van der Waals surface area contributed by atoms with Crippen LogP contribution in [0.2, 0.25) is 18.1 Å². The minimum absolute atomic E-state index is 0.0902. The van der Waals surface area contributed by atoms with E-state index in [9.17, 15) is 9.90 Å². The van der Waals surface area contributed by atoms with Gasteiger partial charge in [-0.1, -0.05) is 89.4 Å². The number of rotatable bonds is 14. The minimum atomic E-state index is -1.95. The number of carbonyl (C=O) groups is 1. The Balaban J connectivity index is 1.44. The van der Waals surface area contributed by atoms with E-state index in [-0.39, 0.29) is 36.4 Å². The second-order valence-electron chi connectivity index (χ2n) is 14.2. The Morgan fingerprint density at radius 3 is 2.50 bits per heavy atom. The average Bonchev–Trinajstić information content (AvgIpc) is 3.27. The SMILES string of the molecule is CCCCCC(O)CCC1C(O[Si](C)(C)C(C)(C)C)CC2Cc3c(cccc3OCC(=O)OCc3ccccc3)CC21.